The summed E-state index contributed by atoms with van der Waals surface area (Å²) in [6.07, 6.45) is 2.20. The highest BCUT2D eigenvalue weighted by molar-refractivity contribution is 5.88. The SMILES string of the molecule is CCOC(=O)CCc1c[nH]c2c(C#N)ccc(F)c12. The van der Waals surface area contributed by atoms with Gasteiger partial charge in [-0.1, -0.05) is 0 Å². The number of hydrogen-bond acceptors (Lipinski definition) is 3. The molecule has 1 heterocycles. The van der Waals surface area contributed by atoms with Crippen LogP contribution >= 0.6 is 0 Å². The van der Waals surface area contributed by atoms with Crippen molar-refractivity contribution in [2.24, 2.45) is 0 Å². The van der Waals surface area contributed by atoms with Gasteiger partial charge in [0, 0.05) is 18.0 Å². The Labute approximate surface area is 109 Å². The molecule has 2 rings (SSSR count). The first-order chi connectivity index (χ1) is 9.17. The van der Waals surface area contributed by atoms with Crippen molar-refractivity contribution in [3.05, 3.63) is 35.3 Å². The van der Waals surface area contributed by atoms with Gasteiger partial charge in [0.25, 0.3) is 0 Å². The second kappa shape index (κ2) is 5.53. The van der Waals surface area contributed by atoms with Gasteiger partial charge in [-0.2, -0.15) is 5.26 Å². The zero-order valence-corrected chi connectivity index (χ0v) is 10.5. The van der Waals surface area contributed by atoms with Crippen LogP contribution in [0.1, 0.15) is 24.5 Å². The molecule has 4 nitrogen and oxygen atoms in total. The van der Waals surface area contributed by atoms with Crippen LogP contribution in [0.5, 0.6) is 0 Å². The van der Waals surface area contributed by atoms with Crippen LogP contribution in [0.25, 0.3) is 10.9 Å². The first-order valence-electron chi connectivity index (χ1n) is 6.01. The van der Waals surface area contributed by atoms with Crippen LogP contribution in [0.2, 0.25) is 0 Å². The van der Waals surface area contributed by atoms with Crippen LogP contribution in [-0.2, 0) is 16.0 Å². The molecule has 2 aromatic rings. The van der Waals surface area contributed by atoms with E-state index >= 15 is 0 Å². The van der Waals surface area contributed by atoms with Crippen molar-refractivity contribution in [2.75, 3.05) is 6.61 Å². The number of hydrogen-bond donors (Lipinski definition) is 1. The minimum Gasteiger partial charge on any atom is -0.466 e. The summed E-state index contributed by atoms with van der Waals surface area (Å²) in [5.41, 5.74) is 1.54. The molecule has 0 fully saturated rings. The molecule has 1 aromatic heterocycles. The predicted octanol–water partition coefficient (Wildman–Crippen LogP) is 2.67. The topological polar surface area (TPSA) is 65.9 Å². The van der Waals surface area contributed by atoms with Crippen LogP contribution in [0.3, 0.4) is 0 Å². The molecule has 0 aliphatic carbocycles. The van der Waals surface area contributed by atoms with E-state index in [1.807, 2.05) is 6.07 Å². The molecule has 98 valence electrons. The Morgan fingerprint density at radius 2 is 2.32 bits per heavy atom. The molecule has 0 amide bonds. The highest BCUT2D eigenvalue weighted by atomic mass is 19.1. The number of nitrogens with zero attached hydrogens (tertiary/aromatic N) is 1. The fourth-order valence-corrected chi connectivity index (χ4v) is 2.03. The van der Waals surface area contributed by atoms with Crippen LogP contribution in [0.4, 0.5) is 4.39 Å². The predicted molar refractivity (Wildman–Crippen MR) is 67.9 cm³/mol. The smallest absolute Gasteiger partial charge is 0.306 e. The third-order valence-electron chi connectivity index (χ3n) is 2.89. The van der Waals surface area contributed by atoms with Gasteiger partial charge in [0.05, 0.1) is 17.7 Å². The fourth-order valence-electron chi connectivity index (χ4n) is 2.03. The van der Waals surface area contributed by atoms with Gasteiger partial charge in [-0.3, -0.25) is 4.79 Å². The first kappa shape index (κ1) is 13.1. The molecule has 1 aromatic carbocycles. The number of fused-ring (bicyclic) bond motifs is 1. The molecule has 0 unspecified atom stereocenters. The Balaban J connectivity index is 2.30. The molecule has 0 bridgehead atoms. The van der Waals surface area contributed by atoms with Gasteiger partial charge in [-0.25, -0.2) is 4.39 Å². The first-order valence-corrected chi connectivity index (χ1v) is 6.01. The number of carbonyl (C=O) groups is 1. The van der Waals surface area contributed by atoms with Crippen molar-refractivity contribution in [3.8, 4) is 6.07 Å². The maximum atomic E-state index is 13.8. The van der Waals surface area contributed by atoms with E-state index in [0.29, 0.717) is 35.1 Å². The number of aromatic amines is 1. The molecule has 1 N–H and O–H groups in total. The number of aryl methyl sites for hydroxylation is 1. The molecular formula is C14H13FN2O2. The quantitative estimate of drug-likeness (QED) is 0.859. The molecule has 0 saturated heterocycles. The van der Waals surface area contributed by atoms with E-state index in [-0.39, 0.29) is 12.4 Å². The fraction of sp³-hybridized carbons (Fsp3) is 0.286. The number of carbonyl (C=O) groups excluding carboxylic acids is 1. The second-order valence-electron chi connectivity index (χ2n) is 4.08. The van der Waals surface area contributed by atoms with Crippen molar-refractivity contribution in [1.82, 2.24) is 4.98 Å². The summed E-state index contributed by atoms with van der Waals surface area (Å²) in [7, 11) is 0. The molecular weight excluding hydrogens is 247 g/mol. The van der Waals surface area contributed by atoms with Crippen molar-refractivity contribution in [3.63, 3.8) is 0 Å². The van der Waals surface area contributed by atoms with Crippen LogP contribution in [0, 0.1) is 17.1 Å². The van der Waals surface area contributed by atoms with Crippen LogP contribution in [-0.4, -0.2) is 17.6 Å². The lowest BCUT2D eigenvalue weighted by Crippen LogP contribution is -2.05. The monoisotopic (exact) mass is 260 g/mol. The minimum atomic E-state index is -0.394. The van der Waals surface area contributed by atoms with Crippen molar-refractivity contribution >= 4 is 16.9 Å². The minimum absolute atomic E-state index is 0.191. The van der Waals surface area contributed by atoms with E-state index in [2.05, 4.69) is 4.98 Å². The van der Waals surface area contributed by atoms with E-state index in [4.69, 9.17) is 10.00 Å². The molecule has 19 heavy (non-hydrogen) atoms. The zero-order valence-electron chi connectivity index (χ0n) is 10.5. The van der Waals surface area contributed by atoms with Gasteiger partial charge < -0.3 is 9.72 Å². The standard InChI is InChI=1S/C14H13FN2O2/c1-2-19-12(18)6-4-10-8-17-14-9(7-16)3-5-11(15)13(10)14/h3,5,8,17H,2,4,6H2,1H3. The average molecular weight is 260 g/mol. The number of nitriles is 1. The highest BCUT2D eigenvalue weighted by Crippen LogP contribution is 2.25. The number of esters is 1. The molecule has 0 atom stereocenters. The lowest BCUT2D eigenvalue weighted by atomic mass is 10.1. The van der Waals surface area contributed by atoms with Gasteiger partial charge in [-0.05, 0) is 31.0 Å². The van der Waals surface area contributed by atoms with Gasteiger partial charge in [-0.15, -0.1) is 0 Å². The summed E-state index contributed by atoms with van der Waals surface area (Å²) in [5.74, 6) is -0.706. The van der Waals surface area contributed by atoms with E-state index in [1.54, 1.807) is 13.1 Å². The van der Waals surface area contributed by atoms with E-state index < -0.39 is 5.82 Å². The molecule has 0 aliphatic heterocycles. The van der Waals surface area contributed by atoms with Crippen molar-refractivity contribution in [1.29, 1.82) is 5.26 Å². The highest BCUT2D eigenvalue weighted by Gasteiger charge is 2.13. The summed E-state index contributed by atoms with van der Waals surface area (Å²) < 4.78 is 18.7. The Morgan fingerprint density at radius 1 is 1.53 bits per heavy atom. The summed E-state index contributed by atoms with van der Waals surface area (Å²) in [4.78, 5) is 14.2. The number of rotatable bonds is 4. The summed E-state index contributed by atoms with van der Waals surface area (Å²) in [6, 6.07) is 4.71. The summed E-state index contributed by atoms with van der Waals surface area (Å²) >= 11 is 0. The maximum absolute atomic E-state index is 13.8. The molecule has 5 heteroatoms. The van der Waals surface area contributed by atoms with E-state index in [1.165, 1.54) is 12.1 Å². The van der Waals surface area contributed by atoms with Crippen LogP contribution < -0.4 is 0 Å². The average Bonchev–Trinajstić information content (AvgIpc) is 2.82. The Hall–Kier alpha value is -2.35. The second-order valence-corrected chi connectivity index (χ2v) is 4.08. The number of nitrogens with one attached hydrogen (secondary N) is 1. The molecule has 0 spiro atoms. The zero-order chi connectivity index (χ0) is 13.8. The number of ether oxygens (including phenoxy) is 1. The molecule has 0 radical (unpaired) electrons. The van der Waals surface area contributed by atoms with E-state index in [9.17, 15) is 9.18 Å². The lowest BCUT2D eigenvalue weighted by molar-refractivity contribution is -0.143. The largest absolute Gasteiger partial charge is 0.466 e. The van der Waals surface area contributed by atoms with E-state index in [0.717, 1.165) is 0 Å². The molecule has 0 aliphatic rings. The Morgan fingerprint density at radius 3 is 3.00 bits per heavy atom. The number of halogens is 1. The third kappa shape index (κ3) is 2.58. The molecule has 0 saturated carbocycles. The van der Waals surface area contributed by atoms with Crippen molar-refractivity contribution < 1.29 is 13.9 Å². The number of aromatic nitrogens is 1. The third-order valence-corrected chi connectivity index (χ3v) is 2.89. The van der Waals surface area contributed by atoms with Gasteiger partial charge in [0.15, 0.2) is 0 Å². The summed E-state index contributed by atoms with van der Waals surface area (Å²) in [6.45, 7) is 2.07. The van der Waals surface area contributed by atoms with Gasteiger partial charge in [0.2, 0.25) is 0 Å². The van der Waals surface area contributed by atoms with Crippen molar-refractivity contribution in [2.45, 2.75) is 19.8 Å². The normalized spacial score (nSPS) is 10.4. The lowest BCUT2D eigenvalue weighted by Gasteiger charge is -2.02. The maximum Gasteiger partial charge on any atom is 0.306 e. The van der Waals surface area contributed by atoms with Crippen LogP contribution in [0.15, 0.2) is 18.3 Å². The summed E-state index contributed by atoms with van der Waals surface area (Å²) in [5, 5.41) is 9.34. The number of benzene rings is 1. The Bertz CT molecular complexity index is 655. The number of H-pyrrole nitrogens is 1. The van der Waals surface area contributed by atoms with Gasteiger partial charge in [0.1, 0.15) is 11.9 Å². The Kier molecular flexibility index (Phi) is 3.81. The van der Waals surface area contributed by atoms with Gasteiger partial charge >= 0.3 is 5.97 Å².